The predicted molar refractivity (Wildman–Crippen MR) is 124 cm³/mol. The van der Waals surface area contributed by atoms with Crippen molar-refractivity contribution < 1.29 is 13.5 Å². The molecule has 1 aliphatic carbocycles. The lowest BCUT2D eigenvalue weighted by Gasteiger charge is -2.16. The van der Waals surface area contributed by atoms with E-state index in [1.165, 1.54) is 17.9 Å². The highest BCUT2D eigenvalue weighted by atomic mass is 32.2. The summed E-state index contributed by atoms with van der Waals surface area (Å²) in [6.45, 7) is 4.51. The zero-order valence-electron chi connectivity index (χ0n) is 18.0. The predicted octanol–water partition coefficient (Wildman–Crippen LogP) is 4.64. The molecule has 1 aliphatic rings. The van der Waals surface area contributed by atoms with Crippen LogP contribution in [0.25, 0.3) is 16.6 Å². The Labute approximate surface area is 187 Å². The Morgan fingerprint density at radius 3 is 2.66 bits per heavy atom. The molecule has 0 aliphatic heterocycles. The van der Waals surface area contributed by atoms with Crippen LogP contribution in [0.15, 0.2) is 75.1 Å². The minimum Gasteiger partial charge on any atom is -0.495 e. The molecule has 32 heavy (non-hydrogen) atoms. The molecular weight excluding hydrogens is 426 g/mol. The third-order valence-corrected chi connectivity index (χ3v) is 7.15. The molecule has 2 aromatic heterocycles. The number of pyridine rings is 1. The summed E-state index contributed by atoms with van der Waals surface area (Å²) in [5.41, 5.74) is 2.75. The number of aromatic nitrogens is 2. The lowest BCUT2D eigenvalue weighted by atomic mass is 10.0. The maximum Gasteiger partial charge on any atom is 0.255 e. The van der Waals surface area contributed by atoms with E-state index >= 15 is 0 Å². The van der Waals surface area contributed by atoms with E-state index in [0.29, 0.717) is 39.0 Å². The highest BCUT2D eigenvalue weighted by Crippen LogP contribution is 2.59. The lowest BCUT2D eigenvalue weighted by molar-refractivity contribution is 0.412. The molecule has 2 aromatic carbocycles. The number of nitrogens with zero attached hydrogens (tertiary/aromatic N) is 2. The van der Waals surface area contributed by atoms with E-state index in [4.69, 9.17) is 9.26 Å². The maximum absolute atomic E-state index is 12.9. The second-order valence-electron chi connectivity index (χ2n) is 8.66. The monoisotopic (exact) mass is 449 g/mol. The smallest absolute Gasteiger partial charge is 0.255 e. The van der Waals surface area contributed by atoms with Crippen molar-refractivity contribution in [1.82, 2.24) is 9.72 Å². The van der Waals surface area contributed by atoms with Gasteiger partial charge >= 0.3 is 0 Å². The molecule has 1 fully saturated rings. The summed E-state index contributed by atoms with van der Waals surface area (Å²) in [5, 5.41) is 4.51. The molecule has 2 heterocycles. The van der Waals surface area contributed by atoms with Crippen molar-refractivity contribution in [3.05, 3.63) is 76.8 Å². The summed E-state index contributed by atoms with van der Waals surface area (Å²) in [4.78, 5) is 13.4. The molecule has 5 rings (SSSR count). The Morgan fingerprint density at radius 2 is 1.97 bits per heavy atom. The van der Waals surface area contributed by atoms with Gasteiger partial charge in [-0.1, -0.05) is 25.1 Å². The molecule has 1 N–H and O–H groups in total. The molecule has 0 spiro atoms. The zero-order chi connectivity index (χ0) is 22.5. The van der Waals surface area contributed by atoms with Crippen LogP contribution in [0.1, 0.15) is 31.7 Å². The van der Waals surface area contributed by atoms with Gasteiger partial charge in [0.1, 0.15) is 12.0 Å². The first-order valence-corrected chi connectivity index (χ1v) is 11.5. The Kier molecular flexibility index (Phi) is 4.89. The van der Waals surface area contributed by atoms with Crippen LogP contribution in [-0.4, -0.2) is 21.0 Å². The van der Waals surface area contributed by atoms with Gasteiger partial charge in [-0.25, -0.2) is 4.21 Å². The van der Waals surface area contributed by atoms with Gasteiger partial charge in [0.15, 0.2) is 16.8 Å². The average Bonchev–Trinajstić information content (AvgIpc) is 3.16. The van der Waals surface area contributed by atoms with Crippen LogP contribution in [0.3, 0.4) is 0 Å². The van der Waals surface area contributed by atoms with Crippen LogP contribution in [0.2, 0.25) is 0 Å². The number of methoxy groups -OCH3 is 1. The summed E-state index contributed by atoms with van der Waals surface area (Å²) in [6.07, 6.45) is 2.55. The third kappa shape index (κ3) is 3.60. The Hall–Kier alpha value is -3.39. The lowest BCUT2D eigenvalue weighted by Crippen LogP contribution is -2.18. The van der Waals surface area contributed by atoms with Crippen LogP contribution in [-0.2, 0) is 11.0 Å². The molecule has 0 radical (unpaired) electrons. The number of nitrogens with one attached hydrogen (secondary N) is 1. The van der Waals surface area contributed by atoms with Crippen LogP contribution in [0, 0.1) is 5.41 Å². The van der Waals surface area contributed by atoms with Gasteiger partial charge in [0.2, 0.25) is 0 Å². The van der Waals surface area contributed by atoms with Crippen LogP contribution in [0.5, 0.6) is 5.75 Å². The molecular formula is C24H23N3O4S. The van der Waals surface area contributed by atoms with E-state index in [0.717, 1.165) is 11.8 Å². The fraction of sp³-hybridized carbons (Fsp3) is 0.250. The normalized spacial score (nSPS) is 17.8. The Balaban J connectivity index is 1.56. The number of benzene rings is 2. The number of fused-ring (bicyclic) bond motifs is 1. The van der Waals surface area contributed by atoms with Gasteiger partial charge in [-0.05, 0) is 59.7 Å². The van der Waals surface area contributed by atoms with E-state index in [2.05, 4.69) is 29.8 Å². The van der Waals surface area contributed by atoms with Gasteiger partial charge < -0.3 is 9.26 Å². The van der Waals surface area contributed by atoms with Gasteiger partial charge in [0.05, 0.1) is 23.2 Å². The van der Waals surface area contributed by atoms with Crippen molar-refractivity contribution in [1.29, 1.82) is 0 Å². The Bertz CT molecular complexity index is 1390. The standard InChI is InChI=1S/C24H23N3O4S/c1-24(2)14-18(24)15-4-7-20(21(13-15)30-3)27-19-8-6-17(12-16(19)5-9-23(27)28)32(29)26-22-10-11-31-25-22/h4-13,18H,14H2,1-3H3,(H,25,26). The van der Waals surface area contributed by atoms with E-state index in [1.807, 2.05) is 12.1 Å². The summed E-state index contributed by atoms with van der Waals surface area (Å²) < 4.78 is 27.5. The number of ether oxygens (including phenoxy) is 1. The first-order valence-electron chi connectivity index (χ1n) is 10.3. The van der Waals surface area contributed by atoms with Crippen molar-refractivity contribution in [3.8, 4) is 11.4 Å². The first kappa shape index (κ1) is 20.5. The van der Waals surface area contributed by atoms with Gasteiger partial charge in [-0.15, -0.1) is 0 Å². The highest BCUT2D eigenvalue weighted by Gasteiger charge is 2.46. The molecule has 2 atom stereocenters. The van der Waals surface area contributed by atoms with Crippen molar-refractivity contribution in [3.63, 3.8) is 0 Å². The largest absolute Gasteiger partial charge is 0.495 e. The van der Waals surface area contributed by atoms with Crippen molar-refractivity contribution in [2.75, 3.05) is 11.8 Å². The summed E-state index contributed by atoms with van der Waals surface area (Å²) in [5.74, 6) is 1.54. The van der Waals surface area contributed by atoms with Crippen LogP contribution in [0.4, 0.5) is 5.82 Å². The van der Waals surface area contributed by atoms with E-state index < -0.39 is 11.0 Å². The number of rotatable bonds is 6. The zero-order valence-corrected chi connectivity index (χ0v) is 18.8. The number of anilines is 1. The summed E-state index contributed by atoms with van der Waals surface area (Å²) in [6, 6.07) is 16.2. The molecule has 1 saturated carbocycles. The molecule has 4 aromatic rings. The first-order chi connectivity index (χ1) is 15.4. The number of hydrogen-bond donors (Lipinski definition) is 1. The van der Waals surface area contributed by atoms with Crippen LogP contribution >= 0.6 is 0 Å². The molecule has 8 heteroatoms. The number of hydrogen-bond acceptors (Lipinski definition) is 5. The molecule has 164 valence electrons. The topological polar surface area (TPSA) is 86.4 Å². The molecule has 0 bridgehead atoms. The third-order valence-electron chi connectivity index (χ3n) is 6.08. The van der Waals surface area contributed by atoms with Gasteiger partial charge in [-0.3, -0.25) is 14.1 Å². The molecule has 0 saturated heterocycles. The van der Waals surface area contributed by atoms with Crippen molar-refractivity contribution >= 4 is 27.7 Å². The minimum absolute atomic E-state index is 0.162. The van der Waals surface area contributed by atoms with Gasteiger partial charge in [0.25, 0.3) is 5.56 Å². The molecule has 7 nitrogen and oxygen atoms in total. The second-order valence-corrected chi connectivity index (χ2v) is 9.87. The average molecular weight is 450 g/mol. The SMILES string of the molecule is COc1cc(C2CC2(C)C)ccc1-n1c(=O)ccc2cc(S(=O)Nc3ccon3)ccc21. The maximum atomic E-state index is 12.9. The van der Waals surface area contributed by atoms with Crippen LogP contribution < -0.4 is 15.0 Å². The summed E-state index contributed by atoms with van der Waals surface area (Å²) in [7, 11) is 0.0940. The Morgan fingerprint density at radius 1 is 1.16 bits per heavy atom. The molecule has 0 amide bonds. The van der Waals surface area contributed by atoms with Crippen molar-refractivity contribution in [2.24, 2.45) is 5.41 Å². The molecule has 2 unspecified atom stereocenters. The van der Waals surface area contributed by atoms with Gasteiger partial charge in [-0.2, -0.15) is 0 Å². The fourth-order valence-electron chi connectivity index (χ4n) is 4.14. The van der Waals surface area contributed by atoms with E-state index in [1.54, 1.807) is 42.0 Å². The van der Waals surface area contributed by atoms with E-state index in [9.17, 15) is 9.00 Å². The summed E-state index contributed by atoms with van der Waals surface area (Å²) >= 11 is 0. The van der Waals surface area contributed by atoms with Crippen molar-refractivity contribution in [2.45, 2.75) is 31.1 Å². The van der Waals surface area contributed by atoms with E-state index in [-0.39, 0.29) is 5.56 Å². The fourth-order valence-corrected chi connectivity index (χ4v) is 4.98. The quantitative estimate of drug-likeness (QED) is 0.464. The second kappa shape index (κ2) is 7.63. The highest BCUT2D eigenvalue weighted by molar-refractivity contribution is 7.86. The van der Waals surface area contributed by atoms with Gasteiger partial charge in [0, 0.05) is 17.5 Å². The minimum atomic E-state index is -1.52.